The highest BCUT2D eigenvalue weighted by Crippen LogP contribution is 2.62. The van der Waals surface area contributed by atoms with Gasteiger partial charge in [-0.15, -0.1) is 0 Å². The van der Waals surface area contributed by atoms with Crippen LogP contribution in [0.3, 0.4) is 0 Å². The summed E-state index contributed by atoms with van der Waals surface area (Å²) in [6.07, 6.45) is 7.45. The van der Waals surface area contributed by atoms with E-state index in [0.717, 1.165) is 50.5 Å². The molecule has 2 spiro atoms. The van der Waals surface area contributed by atoms with Gasteiger partial charge in [-0.1, -0.05) is 60.7 Å². The van der Waals surface area contributed by atoms with E-state index in [1.807, 2.05) is 6.07 Å². The maximum Gasteiger partial charge on any atom is 0.238 e. The van der Waals surface area contributed by atoms with Gasteiger partial charge in [0.1, 0.15) is 11.2 Å². The molecule has 0 aromatic heterocycles. The van der Waals surface area contributed by atoms with Gasteiger partial charge in [-0.25, -0.2) is 4.39 Å². The van der Waals surface area contributed by atoms with Crippen LogP contribution >= 0.6 is 23.2 Å². The molecule has 4 aliphatic rings. The Morgan fingerprint density at radius 1 is 1.08 bits per heavy atom. The number of benzene rings is 2. The molecule has 2 saturated carbocycles. The van der Waals surface area contributed by atoms with Crippen molar-refractivity contribution in [2.75, 3.05) is 11.9 Å². The number of fused-ring (bicyclic) bond motifs is 3. The van der Waals surface area contributed by atoms with E-state index in [1.54, 1.807) is 24.3 Å². The molecule has 2 aromatic rings. The number of carbonyl (C=O) groups is 2. The highest BCUT2D eigenvalue weighted by Gasteiger charge is 2.72. The first-order valence-electron chi connectivity index (χ1n) is 14.0. The fourth-order valence-electron chi connectivity index (χ4n) is 8.00. The second-order valence-corrected chi connectivity index (χ2v) is 12.6. The summed E-state index contributed by atoms with van der Waals surface area (Å²) < 4.78 is 15.9. The zero-order valence-electron chi connectivity index (χ0n) is 21.7. The minimum atomic E-state index is -1.23. The molecular weight excluding hydrogens is 540 g/mol. The fourth-order valence-corrected chi connectivity index (χ4v) is 8.35. The summed E-state index contributed by atoms with van der Waals surface area (Å²) in [5.74, 6) is -1.64. The number of nitrogens with one attached hydrogen (secondary N) is 3. The number of aliphatic hydroxyl groups is 1. The van der Waals surface area contributed by atoms with E-state index in [4.69, 9.17) is 23.2 Å². The summed E-state index contributed by atoms with van der Waals surface area (Å²) in [7, 11) is 0. The van der Waals surface area contributed by atoms with E-state index in [-0.39, 0.29) is 41.0 Å². The van der Waals surface area contributed by atoms with Gasteiger partial charge in [0, 0.05) is 34.8 Å². The number of anilines is 1. The van der Waals surface area contributed by atoms with Crippen molar-refractivity contribution in [3.63, 3.8) is 0 Å². The fraction of sp³-hybridized carbons (Fsp3) is 0.533. The maximum absolute atomic E-state index is 15.9. The average molecular weight is 575 g/mol. The molecule has 4 N–H and O–H groups in total. The summed E-state index contributed by atoms with van der Waals surface area (Å²) in [5, 5.41) is 19.9. The highest BCUT2D eigenvalue weighted by molar-refractivity contribution is 6.31. The topological polar surface area (TPSA) is 90.5 Å². The van der Waals surface area contributed by atoms with Crippen molar-refractivity contribution in [1.29, 1.82) is 0 Å². The Morgan fingerprint density at radius 2 is 1.82 bits per heavy atom. The third-order valence-corrected chi connectivity index (χ3v) is 10.3. The molecule has 2 aliphatic heterocycles. The molecule has 2 heterocycles. The minimum absolute atomic E-state index is 0.0330. The van der Waals surface area contributed by atoms with Crippen LogP contribution in [0, 0.1) is 11.7 Å². The molecule has 1 saturated heterocycles. The zero-order valence-corrected chi connectivity index (χ0v) is 23.3. The quantitative estimate of drug-likeness (QED) is 0.391. The van der Waals surface area contributed by atoms with Crippen LogP contribution in [0.2, 0.25) is 10.0 Å². The number of aliphatic hydroxyl groups excluding tert-OH is 1. The van der Waals surface area contributed by atoms with Gasteiger partial charge in [-0.05, 0) is 73.8 Å². The second kappa shape index (κ2) is 10.3. The van der Waals surface area contributed by atoms with Crippen molar-refractivity contribution < 1.29 is 19.1 Å². The van der Waals surface area contributed by atoms with Crippen molar-refractivity contribution >= 4 is 40.7 Å². The first kappa shape index (κ1) is 27.0. The van der Waals surface area contributed by atoms with Crippen molar-refractivity contribution in [2.45, 2.75) is 86.7 Å². The van der Waals surface area contributed by atoms with Gasteiger partial charge >= 0.3 is 0 Å². The third kappa shape index (κ3) is 4.19. The Bertz CT molecular complexity index is 1290. The predicted molar refractivity (Wildman–Crippen MR) is 150 cm³/mol. The van der Waals surface area contributed by atoms with Crippen LogP contribution in [0.25, 0.3) is 0 Å². The maximum atomic E-state index is 15.9. The van der Waals surface area contributed by atoms with E-state index in [1.165, 1.54) is 6.07 Å². The van der Waals surface area contributed by atoms with Crippen LogP contribution < -0.4 is 16.0 Å². The third-order valence-electron chi connectivity index (χ3n) is 9.76. The first-order valence-corrected chi connectivity index (χ1v) is 14.8. The number of amides is 2. The second-order valence-electron chi connectivity index (χ2n) is 11.7. The van der Waals surface area contributed by atoms with E-state index in [0.29, 0.717) is 23.6 Å². The molecule has 39 heavy (non-hydrogen) atoms. The van der Waals surface area contributed by atoms with Crippen LogP contribution in [-0.4, -0.2) is 41.2 Å². The molecular formula is C30H34Cl2FN3O3. The van der Waals surface area contributed by atoms with Gasteiger partial charge < -0.3 is 15.7 Å². The average Bonchev–Trinajstić information content (AvgIpc) is 3.38. The predicted octanol–water partition coefficient (Wildman–Crippen LogP) is 5.45. The largest absolute Gasteiger partial charge is 0.396 e. The monoisotopic (exact) mass is 573 g/mol. The van der Waals surface area contributed by atoms with Gasteiger partial charge in [0.25, 0.3) is 0 Å². The number of carbonyl (C=O) groups excluding carboxylic acids is 2. The Balaban J connectivity index is 1.50. The molecule has 0 unspecified atom stereocenters. The van der Waals surface area contributed by atoms with Crippen molar-refractivity contribution in [3.05, 3.63) is 63.4 Å². The summed E-state index contributed by atoms with van der Waals surface area (Å²) in [6.45, 7) is 0.157. The van der Waals surface area contributed by atoms with E-state index in [2.05, 4.69) is 16.0 Å². The summed E-state index contributed by atoms with van der Waals surface area (Å²) in [4.78, 5) is 28.5. The van der Waals surface area contributed by atoms with Crippen LogP contribution in [0.1, 0.15) is 74.8 Å². The van der Waals surface area contributed by atoms with Crippen LogP contribution in [0.4, 0.5) is 10.1 Å². The van der Waals surface area contributed by atoms with Gasteiger partial charge in [0.2, 0.25) is 11.8 Å². The van der Waals surface area contributed by atoms with Gasteiger partial charge in [0.05, 0.1) is 11.1 Å². The lowest BCUT2D eigenvalue weighted by atomic mass is 9.55. The van der Waals surface area contributed by atoms with Gasteiger partial charge in [0.15, 0.2) is 0 Å². The lowest BCUT2D eigenvalue weighted by Gasteiger charge is -2.47. The number of hydrogen-bond acceptors (Lipinski definition) is 4. The molecule has 0 bridgehead atoms. The van der Waals surface area contributed by atoms with Crippen molar-refractivity contribution in [3.8, 4) is 0 Å². The molecule has 9 heteroatoms. The summed E-state index contributed by atoms with van der Waals surface area (Å²) in [5.41, 5.74) is -0.358. The molecule has 2 amide bonds. The Morgan fingerprint density at radius 3 is 2.54 bits per heavy atom. The molecule has 0 radical (unpaired) electrons. The van der Waals surface area contributed by atoms with Crippen LogP contribution in [0.5, 0.6) is 0 Å². The van der Waals surface area contributed by atoms with Gasteiger partial charge in [-0.2, -0.15) is 0 Å². The molecule has 208 valence electrons. The van der Waals surface area contributed by atoms with Crippen molar-refractivity contribution in [2.24, 2.45) is 5.92 Å². The molecule has 2 aliphatic carbocycles. The van der Waals surface area contributed by atoms with Crippen LogP contribution in [-0.2, 0) is 15.0 Å². The SMILES string of the molecule is O=C(N[C@H]1CC[C@H](CO)CC1)[C@@H]1NC2(CCCCC2)[C@@]2(C(=O)Nc3cc(Cl)ccc32)[C@H]1c1cccc(Cl)c1F. The van der Waals surface area contributed by atoms with E-state index in [9.17, 15) is 14.7 Å². The first-order chi connectivity index (χ1) is 18.8. The Kier molecular flexibility index (Phi) is 7.15. The highest BCUT2D eigenvalue weighted by atomic mass is 35.5. The molecule has 3 atom stereocenters. The number of halogens is 3. The lowest BCUT2D eigenvalue weighted by molar-refractivity contribution is -0.124. The molecule has 3 fully saturated rings. The van der Waals surface area contributed by atoms with Crippen molar-refractivity contribution in [1.82, 2.24) is 10.6 Å². The minimum Gasteiger partial charge on any atom is -0.396 e. The summed E-state index contributed by atoms with van der Waals surface area (Å²) in [6, 6.07) is 9.30. The Hall–Kier alpha value is -2.19. The normalized spacial score (nSPS) is 31.3. The number of hydrogen-bond donors (Lipinski definition) is 4. The van der Waals surface area contributed by atoms with E-state index < -0.39 is 28.7 Å². The van der Waals surface area contributed by atoms with Gasteiger partial charge in [-0.3, -0.25) is 14.9 Å². The van der Waals surface area contributed by atoms with E-state index >= 15 is 4.39 Å². The molecule has 6 nitrogen and oxygen atoms in total. The summed E-state index contributed by atoms with van der Waals surface area (Å²) >= 11 is 12.6. The smallest absolute Gasteiger partial charge is 0.238 e. The standard InChI is InChI=1S/C30H34Cl2FN3O3/c31-18-9-12-21-23(15-18)35-28(39)30(21)24(20-5-4-6-22(32)25(20)33)26(36-29(30)13-2-1-3-14-29)27(38)34-19-10-7-17(16-37)8-11-19/h4-6,9,12,15,17,19,24,26,36-37H,1-3,7-8,10-11,13-14,16H2,(H,34,38)(H,35,39)/t17-,19-,24-,26+,30+/m0/s1. The zero-order chi connectivity index (χ0) is 27.4. The van der Waals surface area contributed by atoms with Crippen LogP contribution in [0.15, 0.2) is 36.4 Å². The lowest BCUT2D eigenvalue weighted by Crippen LogP contribution is -2.60. The Labute approximate surface area is 238 Å². The number of rotatable bonds is 4. The molecule has 6 rings (SSSR count). The molecule has 2 aromatic carbocycles.